The van der Waals surface area contributed by atoms with Crippen molar-refractivity contribution in [2.75, 3.05) is 33.9 Å². The molecule has 0 bridgehead atoms. The molecule has 1 fully saturated rings. The van der Waals surface area contributed by atoms with Crippen LogP contribution < -0.4 is 9.47 Å². The molecular formula is C16H26N2O4. The largest absolute Gasteiger partial charge is 0.493 e. The van der Waals surface area contributed by atoms with Gasteiger partial charge in [-0.15, -0.1) is 0 Å². The monoisotopic (exact) mass is 310 g/mol. The average molecular weight is 310 g/mol. The van der Waals surface area contributed by atoms with Crippen LogP contribution in [0.15, 0.2) is 18.2 Å². The van der Waals surface area contributed by atoms with Gasteiger partial charge in [-0.3, -0.25) is 10.1 Å². The highest BCUT2D eigenvalue weighted by Gasteiger charge is 2.18. The smallest absolute Gasteiger partial charge is 0.273 e. The predicted molar refractivity (Wildman–Crippen MR) is 86.7 cm³/mol. The zero-order valence-corrected chi connectivity index (χ0v) is 13.9. The van der Waals surface area contributed by atoms with Crippen molar-refractivity contribution in [3.05, 3.63) is 28.3 Å². The molecule has 0 amide bonds. The Hall–Kier alpha value is -1.82. The van der Waals surface area contributed by atoms with E-state index in [1.807, 2.05) is 13.8 Å². The van der Waals surface area contributed by atoms with Gasteiger partial charge in [0.25, 0.3) is 5.69 Å². The second-order valence-electron chi connectivity index (χ2n) is 5.15. The van der Waals surface area contributed by atoms with E-state index in [0.29, 0.717) is 24.0 Å². The average Bonchev–Trinajstić information content (AvgIpc) is 2.56. The van der Waals surface area contributed by atoms with E-state index in [4.69, 9.17) is 9.47 Å². The minimum absolute atomic E-state index is 0.00786. The first kappa shape index (κ1) is 18.2. The molecule has 1 heterocycles. The molecule has 0 unspecified atom stereocenters. The molecule has 6 heteroatoms. The van der Waals surface area contributed by atoms with E-state index in [2.05, 4.69) is 11.9 Å². The fourth-order valence-electron chi connectivity index (χ4n) is 2.33. The topological polar surface area (TPSA) is 64.8 Å². The highest BCUT2D eigenvalue weighted by Crippen LogP contribution is 2.32. The Morgan fingerprint density at radius 3 is 2.45 bits per heavy atom. The third-order valence-electron chi connectivity index (χ3n) is 3.67. The number of nitro benzene ring substituents is 1. The lowest BCUT2D eigenvalue weighted by Gasteiger charge is -2.28. The number of nitro groups is 1. The van der Waals surface area contributed by atoms with Crippen molar-refractivity contribution < 1.29 is 14.4 Å². The summed E-state index contributed by atoms with van der Waals surface area (Å²) in [6.07, 6.45) is 2.23. The van der Waals surface area contributed by atoms with E-state index in [9.17, 15) is 10.1 Å². The lowest BCUT2D eigenvalue weighted by atomic mass is 9.98. The Bertz CT molecular complexity index is 471. The van der Waals surface area contributed by atoms with Crippen LogP contribution >= 0.6 is 0 Å². The maximum Gasteiger partial charge on any atom is 0.273 e. The third kappa shape index (κ3) is 5.18. The van der Waals surface area contributed by atoms with Gasteiger partial charge in [-0.2, -0.15) is 0 Å². The van der Waals surface area contributed by atoms with Crippen LogP contribution in [-0.4, -0.2) is 43.7 Å². The van der Waals surface area contributed by atoms with E-state index >= 15 is 0 Å². The normalized spacial score (nSPS) is 15.6. The highest BCUT2D eigenvalue weighted by molar-refractivity contribution is 5.48. The Labute approximate surface area is 132 Å². The van der Waals surface area contributed by atoms with Crippen molar-refractivity contribution in [3.8, 4) is 11.5 Å². The Morgan fingerprint density at radius 2 is 1.91 bits per heavy atom. The van der Waals surface area contributed by atoms with Crippen LogP contribution in [-0.2, 0) is 0 Å². The van der Waals surface area contributed by atoms with Crippen molar-refractivity contribution >= 4 is 5.69 Å². The molecule has 22 heavy (non-hydrogen) atoms. The van der Waals surface area contributed by atoms with E-state index in [1.165, 1.54) is 19.2 Å². The summed E-state index contributed by atoms with van der Waals surface area (Å²) >= 11 is 0. The maximum absolute atomic E-state index is 10.7. The van der Waals surface area contributed by atoms with Gasteiger partial charge in [0.05, 0.1) is 24.7 Å². The summed E-state index contributed by atoms with van der Waals surface area (Å²) in [5.74, 6) is 1.51. The summed E-state index contributed by atoms with van der Waals surface area (Å²) in [5, 5.41) is 10.7. The molecule has 0 aliphatic carbocycles. The van der Waals surface area contributed by atoms with Crippen molar-refractivity contribution in [3.63, 3.8) is 0 Å². The van der Waals surface area contributed by atoms with Crippen molar-refractivity contribution in [2.45, 2.75) is 26.7 Å². The minimum atomic E-state index is -0.441. The molecule has 1 saturated heterocycles. The SMILES string of the molecule is CC.COc1cc([N+](=O)[O-])ccc1OCC1CCN(C)CC1. The van der Waals surface area contributed by atoms with E-state index in [1.54, 1.807) is 6.07 Å². The lowest BCUT2D eigenvalue weighted by Crippen LogP contribution is -2.32. The van der Waals surface area contributed by atoms with Crippen LogP contribution in [0.3, 0.4) is 0 Å². The zero-order valence-electron chi connectivity index (χ0n) is 13.9. The molecule has 0 aromatic heterocycles. The Morgan fingerprint density at radius 1 is 1.27 bits per heavy atom. The number of likely N-dealkylation sites (tertiary alicyclic amines) is 1. The third-order valence-corrected chi connectivity index (χ3v) is 3.67. The number of non-ortho nitro benzene ring substituents is 1. The fourth-order valence-corrected chi connectivity index (χ4v) is 2.33. The number of ether oxygens (including phenoxy) is 2. The van der Waals surface area contributed by atoms with Crippen LogP contribution in [0, 0.1) is 16.0 Å². The molecule has 0 radical (unpaired) electrons. The second kappa shape index (κ2) is 9.25. The highest BCUT2D eigenvalue weighted by atomic mass is 16.6. The molecule has 1 aromatic rings. The summed E-state index contributed by atoms with van der Waals surface area (Å²) < 4.78 is 10.9. The molecule has 0 N–H and O–H groups in total. The first-order valence-electron chi connectivity index (χ1n) is 7.74. The van der Waals surface area contributed by atoms with Gasteiger partial charge < -0.3 is 14.4 Å². The Kier molecular flexibility index (Phi) is 7.66. The van der Waals surface area contributed by atoms with Gasteiger partial charge in [-0.05, 0) is 45.0 Å². The molecule has 1 aliphatic rings. The molecule has 0 spiro atoms. The van der Waals surface area contributed by atoms with Crippen molar-refractivity contribution in [2.24, 2.45) is 5.92 Å². The molecule has 1 aliphatic heterocycles. The van der Waals surface area contributed by atoms with Crippen LogP contribution in [0.2, 0.25) is 0 Å². The maximum atomic E-state index is 10.7. The standard InChI is InChI=1S/C14H20N2O4.C2H6/c1-15-7-5-11(6-8-15)10-20-13-4-3-12(16(17)18)9-14(13)19-2;1-2/h3-4,9,11H,5-8,10H2,1-2H3;1-2H3. The van der Waals surface area contributed by atoms with E-state index < -0.39 is 4.92 Å². The van der Waals surface area contributed by atoms with Gasteiger partial charge in [0, 0.05) is 6.07 Å². The Balaban J connectivity index is 0.00000116. The van der Waals surface area contributed by atoms with Gasteiger partial charge in [0.15, 0.2) is 11.5 Å². The predicted octanol–water partition coefficient (Wildman–Crippen LogP) is 3.35. The molecular weight excluding hydrogens is 284 g/mol. The van der Waals surface area contributed by atoms with Gasteiger partial charge in [0.1, 0.15) is 0 Å². The van der Waals surface area contributed by atoms with Gasteiger partial charge in [-0.25, -0.2) is 0 Å². The molecule has 1 aromatic carbocycles. The summed E-state index contributed by atoms with van der Waals surface area (Å²) in [7, 11) is 3.61. The number of hydrogen-bond donors (Lipinski definition) is 0. The van der Waals surface area contributed by atoms with Gasteiger partial charge >= 0.3 is 0 Å². The molecule has 0 atom stereocenters. The van der Waals surface area contributed by atoms with Crippen LogP contribution in [0.1, 0.15) is 26.7 Å². The summed E-state index contributed by atoms with van der Waals surface area (Å²) in [6, 6.07) is 4.43. The molecule has 0 saturated carbocycles. The van der Waals surface area contributed by atoms with Crippen LogP contribution in [0.25, 0.3) is 0 Å². The molecule has 2 rings (SSSR count). The zero-order chi connectivity index (χ0) is 16.5. The number of methoxy groups -OCH3 is 1. The summed E-state index contributed by atoms with van der Waals surface area (Å²) in [5.41, 5.74) is 0.00786. The summed E-state index contributed by atoms with van der Waals surface area (Å²) in [4.78, 5) is 12.6. The quantitative estimate of drug-likeness (QED) is 0.616. The number of hydrogen-bond acceptors (Lipinski definition) is 5. The second-order valence-corrected chi connectivity index (χ2v) is 5.15. The van der Waals surface area contributed by atoms with E-state index in [0.717, 1.165) is 25.9 Å². The first-order chi connectivity index (χ1) is 10.6. The number of piperidine rings is 1. The van der Waals surface area contributed by atoms with Crippen LogP contribution in [0.4, 0.5) is 5.69 Å². The molecule has 124 valence electrons. The summed E-state index contributed by atoms with van der Waals surface area (Å²) in [6.45, 7) is 6.80. The van der Waals surface area contributed by atoms with E-state index in [-0.39, 0.29) is 5.69 Å². The van der Waals surface area contributed by atoms with Crippen molar-refractivity contribution in [1.29, 1.82) is 0 Å². The van der Waals surface area contributed by atoms with Gasteiger partial charge in [0.2, 0.25) is 0 Å². The number of benzene rings is 1. The van der Waals surface area contributed by atoms with Gasteiger partial charge in [-0.1, -0.05) is 13.8 Å². The first-order valence-corrected chi connectivity index (χ1v) is 7.74. The number of rotatable bonds is 5. The number of nitrogens with zero attached hydrogens (tertiary/aromatic N) is 2. The molecule has 6 nitrogen and oxygen atoms in total. The lowest BCUT2D eigenvalue weighted by molar-refractivity contribution is -0.385. The fraction of sp³-hybridized carbons (Fsp3) is 0.625. The minimum Gasteiger partial charge on any atom is -0.493 e. The van der Waals surface area contributed by atoms with Crippen LogP contribution in [0.5, 0.6) is 11.5 Å². The van der Waals surface area contributed by atoms with Crippen molar-refractivity contribution in [1.82, 2.24) is 4.90 Å².